The van der Waals surface area contributed by atoms with E-state index in [-0.39, 0.29) is 30.0 Å². The van der Waals surface area contributed by atoms with E-state index in [1.54, 1.807) is 24.3 Å². The standard InChI is InChI=1S/C15H14BrN3O5/c1-9(20)24-8-10-3-5-11(6-4-10)17-14-13(19(21)22)7-12(16)15(18-14)23-2/h3-7H,8H2,1-2H3,(H,17,18). The highest BCUT2D eigenvalue weighted by Crippen LogP contribution is 2.34. The highest BCUT2D eigenvalue weighted by Gasteiger charge is 2.20. The number of ether oxygens (including phenoxy) is 2. The lowest BCUT2D eigenvalue weighted by Gasteiger charge is -2.10. The van der Waals surface area contributed by atoms with E-state index in [2.05, 4.69) is 26.2 Å². The third-order valence-electron chi connectivity index (χ3n) is 2.97. The monoisotopic (exact) mass is 395 g/mol. The number of carbonyl (C=O) groups is 1. The van der Waals surface area contributed by atoms with Crippen LogP contribution in [0.1, 0.15) is 12.5 Å². The SMILES string of the molecule is COc1nc(Nc2ccc(COC(C)=O)cc2)c([N+](=O)[O-])cc1Br. The van der Waals surface area contributed by atoms with Crippen molar-refractivity contribution in [2.45, 2.75) is 13.5 Å². The molecule has 2 aromatic rings. The summed E-state index contributed by atoms with van der Waals surface area (Å²) in [4.78, 5) is 25.5. The van der Waals surface area contributed by atoms with E-state index in [1.165, 1.54) is 20.1 Å². The summed E-state index contributed by atoms with van der Waals surface area (Å²) < 4.78 is 10.3. The van der Waals surface area contributed by atoms with E-state index in [4.69, 9.17) is 9.47 Å². The Bertz CT molecular complexity index is 764. The molecule has 126 valence electrons. The Morgan fingerprint density at radius 3 is 2.58 bits per heavy atom. The van der Waals surface area contributed by atoms with Crippen LogP contribution in [0.2, 0.25) is 0 Å². The second-order valence-electron chi connectivity index (χ2n) is 4.71. The van der Waals surface area contributed by atoms with Gasteiger partial charge in [-0.2, -0.15) is 4.98 Å². The van der Waals surface area contributed by atoms with E-state index in [1.807, 2.05) is 0 Å². The van der Waals surface area contributed by atoms with Crippen molar-refractivity contribution in [3.8, 4) is 5.88 Å². The van der Waals surface area contributed by atoms with Crippen molar-refractivity contribution >= 4 is 39.1 Å². The molecule has 0 bridgehead atoms. The highest BCUT2D eigenvalue weighted by molar-refractivity contribution is 9.10. The normalized spacial score (nSPS) is 10.1. The number of anilines is 2. The molecule has 0 saturated heterocycles. The Morgan fingerprint density at radius 1 is 1.38 bits per heavy atom. The summed E-state index contributed by atoms with van der Waals surface area (Å²) >= 11 is 3.17. The molecule has 0 atom stereocenters. The maximum absolute atomic E-state index is 11.2. The second-order valence-corrected chi connectivity index (χ2v) is 5.56. The molecule has 2 rings (SSSR count). The average Bonchev–Trinajstić information content (AvgIpc) is 2.55. The smallest absolute Gasteiger partial charge is 0.313 e. The first-order valence-electron chi connectivity index (χ1n) is 6.79. The summed E-state index contributed by atoms with van der Waals surface area (Å²) in [7, 11) is 1.42. The van der Waals surface area contributed by atoms with Crippen molar-refractivity contribution in [1.82, 2.24) is 4.98 Å². The molecule has 24 heavy (non-hydrogen) atoms. The number of pyridine rings is 1. The molecule has 1 aromatic heterocycles. The van der Waals surface area contributed by atoms with Gasteiger partial charge in [-0.05, 0) is 33.6 Å². The van der Waals surface area contributed by atoms with E-state index in [0.29, 0.717) is 10.2 Å². The lowest BCUT2D eigenvalue weighted by atomic mass is 10.2. The summed E-state index contributed by atoms with van der Waals surface area (Å²) in [5.74, 6) is -0.0682. The summed E-state index contributed by atoms with van der Waals surface area (Å²) in [6.07, 6.45) is 0. The van der Waals surface area contributed by atoms with Gasteiger partial charge in [-0.15, -0.1) is 0 Å². The van der Waals surface area contributed by atoms with Crippen molar-refractivity contribution in [1.29, 1.82) is 0 Å². The van der Waals surface area contributed by atoms with Gasteiger partial charge in [0, 0.05) is 18.7 Å². The molecule has 0 saturated carbocycles. The van der Waals surface area contributed by atoms with Crippen LogP contribution in [0.25, 0.3) is 0 Å². The molecular weight excluding hydrogens is 382 g/mol. The zero-order chi connectivity index (χ0) is 17.7. The number of nitrogens with one attached hydrogen (secondary N) is 1. The van der Waals surface area contributed by atoms with Gasteiger partial charge < -0.3 is 14.8 Å². The maximum Gasteiger partial charge on any atom is 0.313 e. The minimum Gasteiger partial charge on any atom is -0.480 e. The number of halogens is 1. The van der Waals surface area contributed by atoms with Gasteiger partial charge in [0.25, 0.3) is 0 Å². The third kappa shape index (κ3) is 4.42. The zero-order valence-corrected chi connectivity index (χ0v) is 14.5. The third-order valence-corrected chi connectivity index (χ3v) is 3.54. The first-order chi connectivity index (χ1) is 11.4. The molecule has 1 aromatic carbocycles. The van der Waals surface area contributed by atoms with Gasteiger partial charge in [-0.1, -0.05) is 12.1 Å². The van der Waals surface area contributed by atoms with Crippen LogP contribution in [0.3, 0.4) is 0 Å². The number of carbonyl (C=O) groups excluding carboxylic acids is 1. The number of hydrogen-bond donors (Lipinski definition) is 1. The average molecular weight is 396 g/mol. The molecule has 0 aliphatic carbocycles. The minimum atomic E-state index is -0.533. The number of rotatable bonds is 6. The van der Waals surface area contributed by atoms with Crippen molar-refractivity contribution < 1.29 is 19.2 Å². The Kier molecular flexibility index (Phi) is 5.69. The molecule has 0 aliphatic heterocycles. The molecule has 1 heterocycles. The number of methoxy groups -OCH3 is 1. The number of nitro groups is 1. The van der Waals surface area contributed by atoms with Gasteiger partial charge in [-0.25, -0.2) is 0 Å². The number of hydrogen-bond acceptors (Lipinski definition) is 7. The van der Waals surface area contributed by atoms with Crippen molar-refractivity contribution in [2.24, 2.45) is 0 Å². The number of benzene rings is 1. The van der Waals surface area contributed by atoms with Crippen molar-refractivity contribution in [2.75, 3.05) is 12.4 Å². The topological polar surface area (TPSA) is 104 Å². The Hall–Kier alpha value is -2.68. The molecule has 1 N–H and O–H groups in total. The molecular formula is C15H14BrN3O5. The maximum atomic E-state index is 11.2. The minimum absolute atomic E-state index is 0.0628. The van der Waals surface area contributed by atoms with Gasteiger partial charge in [0.2, 0.25) is 11.7 Å². The van der Waals surface area contributed by atoms with Gasteiger partial charge >= 0.3 is 11.7 Å². The van der Waals surface area contributed by atoms with Crippen LogP contribution in [-0.4, -0.2) is 23.0 Å². The van der Waals surface area contributed by atoms with E-state index < -0.39 is 4.92 Å². The van der Waals surface area contributed by atoms with Gasteiger partial charge in [0.05, 0.1) is 16.5 Å². The molecule has 8 nitrogen and oxygen atoms in total. The van der Waals surface area contributed by atoms with Crippen LogP contribution >= 0.6 is 15.9 Å². The van der Waals surface area contributed by atoms with E-state index in [0.717, 1.165) is 5.56 Å². The lowest BCUT2D eigenvalue weighted by Crippen LogP contribution is -2.02. The molecule has 0 aliphatic rings. The molecule has 0 spiro atoms. The van der Waals surface area contributed by atoms with Gasteiger partial charge in [0.1, 0.15) is 6.61 Å². The number of esters is 1. The number of nitrogens with zero attached hydrogens (tertiary/aromatic N) is 2. The molecule has 0 radical (unpaired) electrons. The molecule has 0 fully saturated rings. The van der Waals surface area contributed by atoms with Crippen molar-refractivity contribution in [3.05, 3.63) is 50.5 Å². The fourth-order valence-corrected chi connectivity index (χ4v) is 2.31. The van der Waals surface area contributed by atoms with Crippen LogP contribution in [0.5, 0.6) is 5.88 Å². The lowest BCUT2D eigenvalue weighted by molar-refractivity contribution is -0.384. The fourth-order valence-electron chi connectivity index (χ4n) is 1.84. The van der Waals surface area contributed by atoms with Crippen LogP contribution in [0, 0.1) is 10.1 Å². The predicted molar refractivity (Wildman–Crippen MR) is 90.3 cm³/mol. The van der Waals surface area contributed by atoms with Crippen LogP contribution in [0.4, 0.5) is 17.2 Å². The summed E-state index contributed by atoms with van der Waals surface area (Å²) in [6.45, 7) is 1.50. The first-order valence-corrected chi connectivity index (χ1v) is 7.58. The molecule has 9 heteroatoms. The predicted octanol–water partition coefficient (Wildman–Crippen LogP) is 3.57. The second kappa shape index (κ2) is 7.73. The first kappa shape index (κ1) is 17.7. The van der Waals surface area contributed by atoms with Crippen LogP contribution < -0.4 is 10.1 Å². The summed E-state index contributed by atoms with van der Waals surface area (Å²) in [6, 6.07) is 8.22. The molecule has 0 unspecified atom stereocenters. The van der Waals surface area contributed by atoms with Crippen molar-refractivity contribution in [3.63, 3.8) is 0 Å². The zero-order valence-electron chi connectivity index (χ0n) is 12.9. The number of aromatic nitrogens is 1. The van der Waals surface area contributed by atoms with E-state index in [9.17, 15) is 14.9 Å². The summed E-state index contributed by atoms with van der Waals surface area (Å²) in [5, 5.41) is 14.1. The van der Waals surface area contributed by atoms with Crippen LogP contribution in [0.15, 0.2) is 34.8 Å². The fraction of sp³-hybridized carbons (Fsp3) is 0.200. The van der Waals surface area contributed by atoms with Crippen LogP contribution in [-0.2, 0) is 16.1 Å². The Labute approximate surface area is 146 Å². The Balaban J connectivity index is 2.23. The van der Waals surface area contributed by atoms with Gasteiger partial charge in [-0.3, -0.25) is 14.9 Å². The van der Waals surface area contributed by atoms with E-state index >= 15 is 0 Å². The van der Waals surface area contributed by atoms with Gasteiger partial charge in [0.15, 0.2) is 0 Å². The Morgan fingerprint density at radius 2 is 2.04 bits per heavy atom. The highest BCUT2D eigenvalue weighted by atomic mass is 79.9. The summed E-state index contributed by atoms with van der Waals surface area (Å²) in [5.41, 5.74) is 1.21. The quantitative estimate of drug-likeness (QED) is 0.452. The largest absolute Gasteiger partial charge is 0.480 e. The molecule has 0 amide bonds.